The summed E-state index contributed by atoms with van der Waals surface area (Å²) >= 11 is 6.02. The molecule has 5 nitrogen and oxygen atoms in total. The molecule has 1 saturated heterocycles. The Kier molecular flexibility index (Phi) is 5.14. The van der Waals surface area contributed by atoms with Gasteiger partial charge in [0.1, 0.15) is 0 Å². The second kappa shape index (κ2) is 7.71. The minimum Gasteiger partial charge on any atom is -0.360 e. The average Bonchev–Trinajstić information content (AvgIpc) is 3.12. The lowest BCUT2D eigenvalue weighted by Crippen LogP contribution is -2.45. The molecule has 1 atom stereocenters. The zero-order valence-electron chi connectivity index (χ0n) is 15.3. The van der Waals surface area contributed by atoms with Crippen LogP contribution in [0.3, 0.4) is 0 Å². The molecule has 1 aromatic carbocycles. The Morgan fingerprint density at radius 1 is 1.26 bits per heavy atom. The summed E-state index contributed by atoms with van der Waals surface area (Å²) in [6.45, 7) is 4.17. The molecule has 3 heterocycles. The van der Waals surface area contributed by atoms with Gasteiger partial charge >= 0.3 is 0 Å². The molecule has 4 rings (SSSR count). The van der Waals surface area contributed by atoms with Gasteiger partial charge < -0.3 is 10.3 Å². The smallest absolute Gasteiger partial charge is 0.253 e. The van der Waals surface area contributed by atoms with E-state index < -0.39 is 0 Å². The fraction of sp³-hybridized carbons (Fsp3) is 0.333. The Hall–Kier alpha value is -2.37. The monoisotopic (exact) mass is 382 g/mol. The number of halogens is 1. The second-order valence-electron chi connectivity index (χ2n) is 7.13. The number of H-pyrrole nitrogens is 1. The molecule has 2 N–H and O–H groups in total. The third-order valence-corrected chi connectivity index (χ3v) is 5.72. The zero-order valence-corrected chi connectivity index (χ0v) is 16.0. The lowest BCUT2D eigenvalue weighted by Gasteiger charge is -2.36. The Morgan fingerprint density at radius 2 is 2.00 bits per heavy atom. The van der Waals surface area contributed by atoms with Crippen molar-refractivity contribution in [1.82, 2.24) is 20.2 Å². The lowest BCUT2D eigenvalue weighted by atomic mass is 10.0. The summed E-state index contributed by atoms with van der Waals surface area (Å²) in [6, 6.07) is 10.3. The quantitative estimate of drug-likeness (QED) is 0.711. The van der Waals surface area contributed by atoms with Crippen LogP contribution in [0.1, 0.15) is 41.7 Å². The number of pyridine rings is 1. The first-order chi connectivity index (χ1) is 13.1. The van der Waals surface area contributed by atoms with Gasteiger partial charge in [0.15, 0.2) is 0 Å². The molecule has 140 valence electrons. The summed E-state index contributed by atoms with van der Waals surface area (Å²) in [7, 11) is 0. The third kappa shape index (κ3) is 3.84. The number of nitrogens with one attached hydrogen (secondary N) is 2. The number of benzene rings is 1. The number of hydrogen-bond donors (Lipinski definition) is 2. The van der Waals surface area contributed by atoms with Crippen molar-refractivity contribution in [2.24, 2.45) is 0 Å². The molecule has 0 radical (unpaired) electrons. The van der Waals surface area contributed by atoms with Crippen LogP contribution in [-0.4, -0.2) is 39.9 Å². The van der Waals surface area contributed by atoms with Gasteiger partial charge in [0.05, 0.1) is 5.56 Å². The number of carbonyl (C=O) groups excluding carboxylic acids is 1. The Labute approximate surface area is 163 Å². The van der Waals surface area contributed by atoms with E-state index in [1.807, 2.05) is 30.6 Å². The molecule has 0 bridgehead atoms. The van der Waals surface area contributed by atoms with Crippen molar-refractivity contribution in [2.45, 2.75) is 31.8 Å². The SMILES string of the molecule is CC(c1ccncc1)N1CCC(NC(=O)c2c[nH]c3cc(Cl)ccc23)CC1. The van der Waals surface area contributed by atoms with E-state index in [2.05, 4.69) is 39.2 Å². The first kappa shape index (κ1) is 18.0. The Morgan fingerprint density at radius 3 is 2.74 bits per heavy atom. The van der Waals surface area contributed by atoms with Gasteiger partial charge in [0, 0.05) is 59.7 Å². The molecule has 1 aliphatic rings. The summed E-state index contributed by atoms with van der Waals surface area (Å²) in [6.07, 6.45) is 7.35. The summed E-state index contributed by atoms with van der Waals surface area (Å²) in [4.78, 5) is 22.4. The number of fused-ring (bicyclic) bond motifs is 1. The molecule has 6 heteroatoms. The molecule has 27 heavy (non-hydrogen) atoms. The molecular weight excluding hydrogens is 360 g/mol. The number of aromatic nitrogens is 2. The molecule has 0 saturated carbocycles. The van der Waals surface area contributed by atoms with Crippen LogP contribution in [0.5, 0.6) is 0 Å². The number of amides is 1. The number of likely N-dealkylation sites (tertiary alicyclic amines) is 1. The van der Waals surface area contributed by atoms with Crippen LogP contribution in [0, 0.1) is 0 Å². The van der Waals surface area contributed by atoms with Crippen LogP contribution in [0.25, 0.3) is 10.9 Å². The van der Waals surface area contributed by atoms with Gasteiger partial charge in [0.25, 0.3) is 5.91 Å². The van der Waals surface area contributed by atoms with Gasteiger partial charge in [-0.25, -0.2) is 0 Å². The summed E-state index contributed by atoms with van der Waals surface area (Å²) < 4.78 is 0. The maximum absolute atomic E-state index is 12.7. The minimum absolute atomic E-state index is 0.0239. The number of aromatic amines is 1. The molecule has 2 aromatic heterocycles. The highest BCUT2D eigenvalue weighted by molar-refractivity contribution is 6.31. The van der Waals surface area contributed by atoms with Gasteiger partial charge in [-0.05, 0) is 49.6 Å². The molecule has 1 fully saturated rings. The van der Waals surface area contributed by atoms with E-state index in [1.165, 1.54) is 5.56 Å². The van der Waals surface area contributed by atoms with Gasteiger partial charge in [-0.2, -0.15) is 0 Å². The highest BCUT2D eigenvalue weighted by atomic mass is 35.5. The van der Waals surface area contributed by atoms with Crippen molar-refractivity contribution < 1.29 is 4.79 Å². The fourth-order valence-electron chi connectivity index (χ4n) is 3.83. The number of nitrogens with zero attached hydrogens (tertiary/aromatic N) is 2. The standard InChI is InChI=1S/C21H23ClN4O/c1-14(15-4-8-23-9-5-15)26-10-6-17(7-11-26)25-21(27)19-13-24-20-12-16(22)2-3-18(19)20/h2-5,8-9,12-14,17,24H,6-7,10-11H2,1H3,(H,25,27). The number of rotatable bonds is 4. The van der Waals surface area contributed by atoms with Gasteiger partial charge in [0.2, 0.25) is 0 Å². The predicted molar refractivity (Wildman–Crippen MR) is 108 cm³/mol. The number of hydrogen-bond acceptors (Lipinski definition) is 3. The van der Waals surface area contributed by atoms with Gasteiger partial charge in [-0.15, -0.1) is 0 Å². The highest BCUT2D eigenvalue weighted by Crippen LogP contribution is 2.25. The number of carbonyl (C=O) groups is 1. The van der Waals surface area contributed by atoms with E-state index in [-0.39, 0.29) is 11.9 Å². The third-order valence-electron chi connectivity index (χ3n) is 5.49. The van der Waals surface area contributed by atoms with Gasteiger partial charge in [-0.3, -0.25) is 14.7 Å². The maximum Gasteiger partial charge on any atom is 0.253 e. The first-order valence-electron chi connectivity index (χ1n) is 9.33. The van der Waals surface area contributed by atoms with Crippen LogP contribution < -0.4 is 5.32 Å². The van der Waals surface area contributed by atoms with Crippen LogP contribution in [0.4, 0.5) is 0 Å². The van der Waals surface area contributed by atoms with Crippen molar-refractivity contribution in [3.05, 3.63) is 65.1 Å². The van der Waals surface area contributed by atoms with Gasteiger partial charge in [-0.1, -0.05) is 17.7 Å². The molecule has 1 aliphatic heterocycles. The van der Waals surface area contributed by atoms with E-state index >= 15 is 0 Å². The van der Waals surface area contributed by atoms with E-state index in [0.717, 1.165) is 36.8 Å². The van der Waals surface area contributed by atoms with Crippen LogP contribution in [-0.2, 0) is 0 Å². The van der Waals surface area contributed by atoms with Crippen molar-refractivity contribution >= 4 is 28.4 Å². The van der Waals surface area contributed by atoms with Crippen molar-refractivity contribution in [2.75, 3.05) is 13.1 Å². The summed E-state index contributed by atoms with van der Waals surface area (Å²) in [5.74, 6) is -0.0239. The van der Waals surface area contributed by atoms with E-state index in [0.29, 0.717) is 16.6 Å². The average molecular weight is 383 g/mol. The van der Waals surface area contributed by atoms with Crippen molar-refractivity contribution in [3.8, 4) is 0 Å². The van der Waals surface area contributed by atoms with Crippen molar-refractivity contribution in [1.29, 1.82) is 0 Å². The lowest BCUT2D eigenvalue weighted by molar-refractivity contribution is 0.0897. The normalized spacial score (nSPS) is 17.1. The predicted octanol–water partition coefficient (Wildman–Crippen LogP) is 4.17. The van der Waals surface area contributed by atoms with Crippen LogP contribution in [0.15, 0.2) is 48.9 Å². The van der Waals surface area contributed by atoms with Crippen LogP contribution >= 0.6 is 11.6 Å². The Balaban J connectivity index is 1.36. The van der Waals surface area contributed by atoms with Crippen LogP contribution in [0.2, 0.25) is 5.02 Å². The maximum atomic E-state index is 12.7. The van der Waals surface area contributed by atoms with E-state index in [1.54, 1.807) is 6.20 Å². The molecular formula is C21H23ClN4O. The highest BCUT2D eigenvalue weighted by Gasteiger charge is 2.25. The second-order valence-corrected chi connectivity index (χ2v) is 7.57. The molecule has 0 aliphatic carbocycles. The summed E-state index contributed by atoms with van der Waals surface area (Å²) in [5.41, 5.74) is 2.84. The largest absolute Gasteiger partial charge is 0.360 e. The first-order valence-corrected chi connectivity index (χ1v) is 9.71. The summed E-state index contributed by atoms with van der Waals surface area (Å²) in [5, 5.41) is 4.76. The zero-order chi connectivity index (χ0) is 18.8. The van der Waals surface area contributed by atoms with Crippen molar-refractivity contribution in [3.63, 3.8) is 0 Å². The topological polar surface area (TPSA) is 61.0 Å². The van der Waals surface area contributed by atoms with E-state index in [9.17, 15) is 4.79 Å². The van der Waals surface area contributed by atoms with E-state index in [4.69, 9.17) is 11.6 Å². The number of piperidine rings is 1. The fourth-order valence-corrected chi connectivity index (χ4v) is 4.01. The molecule has 0 spiro atoms. The minimum atomic E-state index is -0.0239. The Bertz CT molecular complexity index is 932. The molecule has 1 unspecified atom stereocenters. The molecule has 3 aromatic rings. The molecule has 1 amide bonds.